The van der Waals surface area contributed by atoms with E-state index in [0.717, 1.165) is 37.7 Å². The van der Waals surface area contributed by atoms with Gasteiger partial charge in [0.15, 0.2) is 0 Å². The van der Waals surface area contributed by atoms with E-state index < -0.39 is 5.54 Å². The molecule has 0 spiro atoms. The molecule has 2 aliphatic carbocycles. The Morgan fingerprint density at radius 1 is 1.19 bits per heavy atom. The smallest absolute Gasteiger partial charge is 0.331 e. The van der Waals surface area contributed by atoms with Gasteiger partial charge >= 0.3 is 5.97 Å². The first-order valence-electron chi connectivity index (χ1n) is 7.66. The van der Waals surface area contributed by atoms with E-state index in [1.807, 2.05) is 5.38 Å². The number of hydrogen-bond donors (Lipinski definition) is 1. The van der Waals surface area contributed by atoms with Crippen molar-refractivity contribution in [1.82, 2.24) is 5.32 Å². The molecule has 2 aliphatic rings. The van der Waals surface area contributed by atoms with Crippen molar-refractivity contribution in [3.05, 3.63) is 21.4 Å². The average molecular weight is 307 g/mol. The van der Waals surface area contributed by atoms with E-state index in [4.69, 9.17) is 4.74 Å². The molecular weight excluding hydrogens is 286 g/mol. The molecule has 1 amide bonds. The van der Waals surface area contributed by atoms with Gasteiger partial charge in [-0.1, -0.05) is 12.8 Å². The number of amides is 1. The van der Waals surface area contributed by atoms with Crippen LogP contribution in [0.5, 0.6) is 0 Å². The van der Waals surface area contributed by atoms with E-state index in [1.165, 1.54) is 24.0 Å². The predicted octanol–water partition coefficient (Wildman–Crippen LogP) is 2.84. The van der Waals surface area contributed by atoms with Crippen molar-refractivity contribution in [3.8, 4) is 0 Å². The fourth-order valence-corrected chi connectivity index (χ4v) is 4.65. The quantitative estimate of drug-likeness (QED) is 0.874. The van der Waals surface area contributed by atoms with Crippen molar-refractivity contribution in [2.75, 3.05) is 7.11 Å². The van der Waals surface area contributed by atoms with Crippen LogP contribution in [0.1, 0.15) is 59.3 Å². The number of esters is 1. The number of aryl methyl sites for hydroxylation is 1. The molecule has 0 bridgehead atoms. The Kier molecular flexibility index (Phi) is 4.02. The third kappa shape index (κ3) is 2.59. The lowest BCUT2D eigenvalue weighted by molar-refractivity contribution is -0.148. The number of carbonyl (C=O) groups excluding carboxylic acids is 2. The van der Waals surface area contributed by atoms with Crippen molar-refractivity contribution < 1.29 is 14.3 Å². The first-order valence-corrected chi connectivity index (χ1v) is 8.54. The Hall–Kier alpha value is -1.36. The van der Waals surface area contributed by atoms with E-state index >= 15 is 0 Å². The summed E-state index contributed by atoms with van der Waals surface area (Å²) in [5, 5.41) is 4.94. The molecule has 1 heterocycles. The van der Waals surface area contributed by atoms with Gasteiger partial charge in [-0.2, -0.15) is 0 Å². The molecule has 3 rings (SSSR count). The van der Waals surface area contributed by atoms with Gasteiger partial charge in [-0.3, -0.25) is 4.79 Å². The molecular formula is C16H21NO3S. The van der Waals surface area contributed by atoms with Crippen molar-refractivity contribution in [2.45, 2.75) is 56.9 Å². The highest BCUT2D eigenvalue weighted by molar-refractivity contribution is 7.10. The van der Waals surface area contributed by atoms with Gasteiger partial charge in [0.25, 0.3) is 5.91 Å². The van der Waals surface area contributed by atoms with Gasteiger partial charge in [-0.25, -0.2) is 4.79 Å². The maximum atomic E-state index is 12.6. The normalized spacial score (nSPS) is 19.9. The molecule has 1 aromatic heterocycles. The zero-order valence-electron chi connectivity index (χ0n) is 12.4. The molecule has 1 aromatic rings. The first-order chi connectivity index (χ1) is 10.2. The molecule has 1 fully saturated rings. The van der Waals surface area contributed by atoms with Crippen LogP contribution in [0.4, 0.5) is 0 Å². The summed E-state index contributed by atoms with van der Waals surface area (Å²) in [6, 6.07) is 0. The van der Waals surface area contributed by atoms with Gasteiger partial charge < -0.3 is 10.1 Å². The summed E-state index contributed by atoms with van der Waals surface area (Å²) in [5.74, 6) is -0.417. The minimum Gasteiger partial charge on any atom is -0.467 e. The standard InChI is InChI=1S/C16H21NO3S/c1-20-15(19)16(8-4-5-9-16)17-14(18)12-10-21-13-7-3-2-6-11(12)13/h10H,2-9H2,1H3,(H,17,18). The van der Waals surface area contributed by atoms with Gasteiger partial charge in [0, 0.05) is 10.3 Å². The van der Waals surface area contributed by atoms with Crippen LogP contribution in [-0.4, -0.2) is 24.5 Å². The van der Waals surface area contributed by atoms with Crippen LogP contribution >= 0.6 is 11.3 Å². The summed E-state index contributed by atoms with van der Waals surface area (Å²) in [6.45, 7) is 0. The van der Waals surface area contributed by atoms with Crippen LogP contribution in [0.25, 0.3) is 0 Å². The molecule has 0 aromatic carbocycles. The second-order valence-electron chi connectivity index (χ2n) is 5.99. The number of thiophene rings is 1. The predicted molar refractivity (Wildman–Crippen MR) is 81.6 cm³/mol. The van der Waals surface area contributed by atoms with Crippen LogP contribution in [0, 0.1) is 0 Å². The number of rotatable bonds is 3. The second-order valence-corrected chi connectivity index (χ2v) is 6.96. The third-order valence-corrected chi connectivity index (χ3v) is 5.78. The maximum Gasteiger partial charge on any atom is 0.331 e. The van der Waals surface area contributed by atoms with E-state index in [-0.39, 0.29) is 11.9 Å². The van der Waals surface area contributed by atoms with Gasteiger partial charge in [0.2, 0.25) is 0 Å². The molecule has 4 nitrogen and oxygen atoms in total. The van der Waals surface area contributed by atoms with E-state index in [0.29, 0.717) is 12.8 Å². The Labute approximate surface area is 128 Å². The van der Waals surface area contributed by atoms with Gasteiger partial charge in [0.1, 0.15) is 5.54 Å². The summed E-state index contributed by atoms with van der Waals surface area (Å²) >= 11 is 1.67. The van der Waals surface area contributed by atoms with Crippen LogP contribution in [-0.2, 0) is 22.4 Å². The zero-order valence-corrected chi connectivity index (χ0v) is 13.2. The third-order valence-electron chi connectivity index (χ3n) is 4.69. The van der Waals surface area contributed by atoms with Gasteiger partial charge in [0.05, 0.1) is 12.7 Å². The molecule has 0 radical (unpaired) electrons. The molecule has 0 saturated heterocycles. The maximum absolute atomic E-state index is 12.6. The Balaban J connectivity index is 1.82. The summed E-state index contributed by atoms with van der Waals surface area (Å²) in [4.78, 5) is 26.1. The van der Waals surface area contributed by atoms with Crippen molar-refractivity contribution in [2.24, 2.45) is 0 Å². The molecule has 1 saturated carbocycles. The van der Waals surface area contributed by atoms with E-state index in [9.17, 15) is 9.59 Å². The minimum atomic E-state index is -0.810. The average Bonchev–Trinajstić information content (AvgIpc) is 3.13. The summed E-state index contributed by atoms with van der Waals surface area (Å²) in [5.41, 5.74) is 1.15. The van der Waals surface area contributed by atoms with Gasteiger partial charge in [-0.05, 0) is 44.1 Å². The Morgan fingerprint density at radius 3 is 2.62 bits per heavy atom. The molecule has 0 unspecified atom stereocenters. The summed E-state index contributed by atoms with van der Waals surface area (Å²) in [7, 11) is 1.39. The SMILES string of the molecule is COC(=O)C1(NC(=O)c2csc3c2CCCC3)CCCC1. The lowest BCUT2D eigenvalue weighted by Gasteiger charge is -2.27. The highest BCUT2D eigenvalue weighted by atomic mass is 32.1. The number of carbonyl (C=O) groups is 2. The minimum absolute atomic E-state index is 0.110. The highest BCUT2D eigenvalue weighted by Gasteiger charge is 2.44. The van der Waals surface area contributed by atoms with Crippen LogP contribution in [0.15, 0.2) is 5.38 Å². The Bertz CT molecular complexity index is 558. The Morgan fingerprint density at radius 2 is 1.90 bits per heavy atom. The molecule has 0 atom stereocenters. The highest BCUT2D eigenvalue weighted by Crippen LogP contribution is 2.33. The lowest BCUT2D eigenvalue weighted by Crippen LogP contribution is -2.53. The largest absolute Gasteiger partial charge is 0.467 e. The number of nitrogens with one attached hydrogen (secondary N) is 1. The number of hydrogen-bond acceptors (Lipinski definition) is 4. The first kappa shape index (κ1) is 14.6. The molecule has 5 heteroatoms. The number of fused-ring (bicyclic) bond motifs is 1. The van der Waals surface area contributed by atoms with Crippen molar-refractivity contribution in [3.63, 3.8) is 0 Å². The van der Waals surface area contributed by atoms with Crippen LogP contribution < -0.4 is 5.32 Å². The van der Waals surface area contributed by atoms with E-state index in [2.05, 4.69) is 5.32 Å². The van der Waals surface area contributed by atoms with Crippen molar-refractivity contribution in [1.29, 1.82) is 0 Å². The monoisotopic (exact) mass is 307 g/mol. The molecule has 114 valence electrons. The van der Waals surface area contributed by atoms with Crippen molar-refractivity contribution >= 4 is 23.2 Å². The molecule has 1 N–H and O–H groups in total. The van der Waals surface area contributed by atoms with E-state index in [1.54, 1.807) is 11.3 Å². The molecule has 0 aliphatic heterocycles. The summed E-state index contributed by atoms with van der Waals surface area (Å²) < 4.78 is 4.92. The molecule has 21 heavy (non-hydrogen) atoms. The summed E-state index contributed by atoms with van der Waals surface area (Å²) in [6.07, 6.45) is 7.68. The fraction of sp³-hybridized carbons (Fsp3) is 0.625. The number of methoxy groups -OCH3 is 1. The zero-order chi connectivity index (χ0) is 14.9. The number of ether oxygens (including phenoxy) is 1. The van der Waals surface area contributed by atoms with Crippen LogP contribution in [0.2, 0.25) is 0 Å². The fourth-order valence-electron chi connectivity index (χ4n) is 3.52. The lowest BCUT2D eigenvalue weighted by atomic mass is 9.93. The van der Waals surface area contributed by atoms with Gasteiger partial charge in [-0.15, -0.1) is 11.3 Å². The topological polar surface area (TPSA) is 55.4 Å². The second kappa shape index (κ2) is 5.79. The van der Waals surface area contributed by atoms with Crippen LogP contribution in [0.3, 0.4) is 0 Å².